The van der Waals surface area contributed by atoms with Gasteiger partial charge in [0.1, 0.15) is 29.1 Å². The predicted octanol–water partition coefficient (Wildman–Crippen LogP) is 2.82. The van der Waals surface area contributed by atoms with Crippen LogP contribution in [0.3, 0.4) is 0 Å². The molecule has 6 heteroatoms. The zero-order valence-corrected chi connectivity index (χ0v) is 13.5. The van der Waals surface area contributed by atoms with Gasteiger partial charge in [-0.3, -0.25) is 0 Å². The van der Waals surface area contributed by atoms with Crippen molar-refractivity contribution in [2.75, 3.05) is 18.0 Å². The number of benzene rings is 1. The van der Waals surface area contributed by atoms with Crippen LogP contribution in [-0.4, -0.2) is 27.9 Å². The zero-order chi connectivity index (χ0) is 16.4. The summed E-state index contributed by atoms with van der Waals surface area (Å²) >= 11 is 0. The van der Waals surface area contributed by atoms with E-state index in [9.17, 15) is 9.65 Å². The monoisotopic (exact) mass is 313 g/mol. The van der Waals surface area contributed by atoms with E-state index in [1.165, 1.54) is 6.07 Å². The first-order valence-corrected chi connectivity index (χ1v) is 7.90. The third kappa shape index (κ3) is 3.19. The standard InChI is InChI=1S/C17H20FN5/c1-12-20-13(2)23(21-12)11-14-5-4-8-22(10-14)17-7-3-6-16(18)15(17)9-19/h3,6-7,14H,4-5,8,10-11H2,1-2H3. The molecule has 0 bridgehead atoms. The summed E-state index contributed by atoms with van der Waals surface area (Å²) < 4.78 is 15.8. The van der Waals surface area contributed by atoms with E-state index in [0.29, 0.717) is 11.6 Å². The van der Waals surface area contributed by atoms with E-state index in [4.69, 9.17) is 0 Å². The maximum Gasteiger partial charge on any atom is 0.147 e. The molecule has 2 heterocycles. The highest BCUT2D eigenvalue weighted by Gasteiger charge is 2.24. The Bertz CT molecular complexity index is 746. The average molecular weight is 313 g/mol. The van der Waals surface area contributed by atoms with Gasteiger partial charge in [-0.2, -0.15) is 10.4 Å². The molecular formula is C17H20FN5. The van der Waals surface area contributed by atoms with Crippen molar-refractivity contribution in [1.29, 1.82) is 5.26 Å². The number of anilines is 1. The van der Waals surface area contributed by atoms with Crippen molar-refractivity contribution >= 4 is 5.69 Å². The smallest absolute Gasteiger partial charge is 0.147 e. The van der Waals surface area contributed by atoms with Gasteiger partial charge >= 0.3 is 0 Å². The summed E-state index contributed by atoms with van der Waals surface area (Å²) in [7, 11) is 0. The Morgan fingerprint density at radius 3 is 2.91 bits per heavy atom. The number of nitriles is 1. The Kier molecular flexibility index (Phi) is 4.28. The molecule has 0 amide bonds. The lowest BCUT2D eigenvalue weighted by atomic mass is 9.96. The van der Waals surface area contributed by atoms with Crippen molar-refractivity contribution in [3.05, 3.63) is 41.2 Å². The molecule has 2 aromatic rings. The van der Waals surface area contributed by atoms with Crippen LogP contribution in [0, 0.1) is 36.9 Å². The molecule has 0 N–H and O–H groups in total. The highest BCUT2D eigenvalue weighted by molar-refractivity contribution is 5.60. The number of piperidine rings is 1. The van der Waals surface area contributed by atoms with E-state index in [-0.39, 0.29) is 5.56 Å². The molecule has 0 aliphatic carbocycles. The molecule has 1 aromatic heterocycles. The van der Waals surface area contributed by atoms with Crippen molar-refractivity contribution in [2.24, 2.45) is 5.92 Å². The second kappa shape index (κ2) is 6.37. The number of hydrogen-bond donors (Lipinski definition) is 0. The molecule has 1 fully saturated rings. The molecule has 1 unspecified atom stereocenters. The van der Waals surface area contributed by atoms with Crippen molar-refractivity contribution in [3.63, 3.8) is 0 Å². The van der Waals surface area contributed by atoms with Gasteiger partial charge in [0.25, 0.3) is 0 Å². The molecule has 3 rings (SSSR count). The minimum atomic E-state index is -0.449. The van der Waals surface area contributed by atoms with Crippen LogP contribution >= 0.6 is 0 Å². The summed E-state index contributed by atoms with van der Waals surface area (Å²) in [5, 5.41) is 13.7. The van der Waals surface area contributed by atoms with Gasteiger partial charge in [0.05, 0.1) is 5.69 Å². The Morgan fingerprint density at radius 2 is 2.22 bits per heavy atom. The van der Waals surface area contributed by atoms with E-state index in [2.05, 4.69) is 15.0 Å². The average Bonchev–Trinajstić information content (AvgIpc) is 2.85. The van der Waals surface area contributed by atoms with Crippen LogP contribution in [0.4, 0.5) is 10.1 Å². The largest absolute Gasteiger partial charge is 0.370 e. The lowest BCUT2D eigenvalue weighted by molar-refractivity contribution is 0.347. The third-order valence-electron chi connectivity index (χ3n) is 4.36. The number of aromatic nitrogens is 3. The lowest BCUT2D eigenvalue weighted by Crippen LogP contribution is -2.37. The first kappa shape index (κ1) is 15.5. The maximum absolute atomic E-state index is 13.8. The molecule has 1 aliphatic heterocycles. The van der Waals surface area contributed by atoms with Crippen LogP contribution < -0.4 is 4.90 Å². The van der Waals surface area contributed by atoms with Crippen LogP contribution in [0.1, 0.15) is 30.1 Å². The van der Waals surface area contributed by atoms with E-state index in [0.717, 1.165) is 44.1 Å². The van der Waals surface area contributed by atoms with Gasteiger partial charge in [-0.1, -0.05) is 6.07 Å². The van der Waals surface area contributed by atoms with Gasteiger partial charge in [-0.15, -0.1) is 0 Å². The lowest BCUT2D eigenvalue weighted by Gasteiger charge is -2.35. The van der Waals surface area contributed by atoms with E-state index in [1.54, 1.807) is 6.07 Å². The third-order valence-corrected chi connectivity index (χ3v) is 4.36. The second-order valence-corrected chi connectivity index (χ2v) is 6.09. The highest BCUT2D eigenvalue weighted by atomic mass is 19.1. The molecule has 1 saturated heterocycles. The first-order chi connectivity index (χ1) is 11.1. The highest BCUT2D eigenvalue weighted by Crippen LogP contribution is 2.28. The molecule has 1 aliphatic rings. The van der Waals surface area contributed by atoms with Gasteiger partial charge in [0, 0.05) is 19.6 Å². The second-order valence-electron chi connectivity index (χ2n) is 6.09. The Labute approximate surface area is 135 Å². The summed E-state index contributed by atoms with van der Waals surface area (Å²) in [6.45, 7) is 6.31. The Morgan fingerprint density at radius 1 is 1.39 bits per heavy atom. The summed E-state index contributed by atoms with van der Waals surface area (Å²) in [5.41, 5.74) is 0.838. The molecule has 1 atom stereocenters. The van der Waals surface area contributed by atoms with Crippen molar-refractivity contribution < 1.29 is 4.39 Å². The number of hydrogen-bond acceptors (Lipinski definition) is 4. The summed E-state index contributed by atoms with van der Waals surface area (Å²) in [6, 6.07) is 6.83. The van der Waals surface area contributed by atoms with Crippen molar-refractivity contribution in [3.8, 4) is 6.07 Å². The predicted molar refractivity (Wildman–Crippen MR) is 85.5 cm³/mol. The van der Waals surface area contributed by atoms with Crippen LogP contribution in [0.15, 0.2) is 18.2 Å². The summed E-state index contributed by atoms with van der Waals surface area (Å²) in [6.07, 6.45) is 2.13. The molecule has 0 saturated carbocycles. The number of nitrogens with zero attached hydrogens (tertiary/aromatic N) is 5. The van der Waals surface area contributed by atoms with Crippen LogP contribution in [0.5, 0.6) is 0 Å². The Hall–Kier alpha value is -2.42. The van der Waals surface area contributed by atoms with Crippen LogP contribution in [0.25, 0.3) is 0 Å². The van der Waals surface area contributed by atoms with E-state index >= 15 is 0 Å². The van der Waals surface area contributed by atoms with Crippen molar-refractivity contribution in [2.45, 2.75) is 33.2 Å². The topological polar surface area (TPSA) is 57.7 Å². The van der Waals surface area contributed by atoms with Gasteiger partial charge < -0.3 is 4.90 Å². The van der Waals surface area contributed by atoms with Crippen molar-refractivity contribution in [1.82, 2.24) is 14.8 Å². The number of halogens is 1. The van der Waals surface area contributed by atoms with Gasteiger partial charge in [-0.25, -0.2) is 14.1 Å². The fourth-order valence-corrected chi connectivity index (χ4v) is 3.30. The molecule has 0 spiro atoms. The number of aryl methyl sites for hydroxylation is 2. The first-order valence-electron chi connectivity index (χ1n) is 7.90. The zero-order valence-electron chi connectivity index (χ0n) is 13.5. The fraction of sp³-hybridized carbons (Fsp3) is 0.471. The quantitative estimate of drug-likeness (QED) is 0.874. The van der Waals surface area contributed by atoms with Gasteiger partial charge in [-0.05, 0) is 44.7 Å². The van der Waals surface area contributed by atoms with Crippen LogP contribution in [0.2, 0.25) is 0 Å². The fourth-order valence-electron chi connectivity index (χ4n) is 3.30. The summed E-state index contributed by atoms with van der Waals surface area (Å²) in [4.78, 5) is 6.46. The van der Waals surface area contributed by atoms with Gasteiger partial charge in [0.2, 0.25) is 0 Å². The molecule has 5 nitrogen and oxygen atoms in total. The van der Waals surface area contributed by atoms with E-state index in [1.807, 2.05) is 30.7 Å². The number of rotatable bonds is 3. The summed E-state index contributed by atoms with van der Waals surface area (Å²) in [5.74, 6) is 1.67. The molecule has 0 radical (unpaired) electrons. The minimum absolute atomic E-state index is 0.140. The van der Waals surface area contributed by atoms with E-state index < -0.39 is 5.82 Å². The molecule has 120 valence electrons. The minimum Gasteiger partial charge on any atom is -0.370 e. The molecule has 1 aromatic carbocycles. The van der Waals surface area contributed by atoms with Gasteiger partial charge in [0.15, 0.2) is 0 Å². The maximum atomic E-state index is 13.8. The molecule has 23 heavy (non-hydrogen) atoms. The van der Waals surface area contributed by atoms with Crippen LogP contribution in [-0.2, 0) is 6.54 Å². The SMILES string of the molecule is Cc1nc(C)n(CC2CCCN(c3cccc(F)c3C#N)C2)n1. The Balaban J connectivity index is 1.78. The molecular weight excluding hydrogens is 293 g/mol. The normalized spacial score (nSPS) is 18.0.